The molecule has 0 saturated carbocycles. The standard InChI is InChI=1S/C4H8O3S.Na/c1-3-4-8(5,6)7-2;/h3-4H,1-2H3;. The molecule has 0 heterocycles. The minimum Gasteiger partial charge on any atom is -0.270 e. The summed E-state index contributed by atoms with van der Waals surface area (Å²) in [5.41, 5.74) is 0. The van der Waals surface area contributed by atoms with Crippen LogP contribution in [0.3, 0.4) is 0 Å². The zero-order valence-corrected chi connectivity index (χ0v) is 8.60. The Labute approximate surface area is 77.5 Å². The van der Waals surface area contributed by atoms with E-state index in [1.54, 1.807) is 6.92 Å². The molecule has 0 aliphatic heterocycles. The van der Waals surface area contributed by atoms with E-state index in [2.05, 4.69) is 4.18 Å². The summed E-state index contributed by atoms with van der Waals surface area (Å²) in [4.78, 5) is 0. The quantitative estimate of drug-likeness (QED) is 0.424. The normalized spacial score (nSPS) is 11.3. The van der Waals surface area contributed by atoms with Crippen LogP contribution >= 0.6 is 0 Å². The van der Waals surface area contributed by atoms with Crippen molar-refractivity contribution in [1.29, 1.82) is 0 Å². The zero-order valence-electron chi connectivity index (χ0n) is 5.79. The van der Waals surface area contributed by atoms with Crippen LogP contribution in [0.1, 0.15) is 6.92 Å². The van der Waals surface area contributed by atoms with E-state index in [4.69, 9.17) is 0 Å². The summed E-state index contributed by atoms with van der Waals surface area (Å²) < 4.78 is 24.6. The molecule has 0 aromatic carbocycles. The van der Waals surface area contributed by atoms with Gasteiger partial charge in [0.25, 0.3) is 10.1 Å². The van der Waals surface area contributed by atoms with Crippen LogP contribution in [0.5, 0.6) is 0 Å². The van der Waals surface area contributed by atoms with Crippen LogP contribution in [0, 0.1) is 0 Å². The van der Waals surface area contributed by atoms with Gasteiger partial charge in [0, 0.05) is 29.6 Å². The van der Waals surface area contributed by atoms with Crippen LogP contribution in [0.4, 0.5) is 0 Å². The van der Waals surface area contributed by atoms with E-state index in [0.29, 0.717) is 0 Å². The van der Waals surface area contributed by atoms with E-state index in [1.807, 2.05) is 0 Å². The topological polar surface area (TPSA) is 43.4 Å². The second-order valence-electron chi connectivity index (χ2n) is 1.13. The maximum absolute atomic E-state index is 10.3. The Bertz CT molecular complexity index is 170. The molecule has 0 unspecified atom stereocenters. The fraction of sp³-hybridized carbons (Fsp3) is 0.500. The largest absolute Gasteiger partial charge is 0.289 e. The Hall–Kier alpha value is 0.650. The van der Waals surface area contributed by atoms with Crippen molar-refractivity contribution in [1.82, 2.24) is 0 Å². The summed E-state index contributed by atoms with van der Waals surface area (Å²) in [6, 6.07) is 0. The van der Waals surface area contributed by atoms with Crippen LogP contribution in [0.15, 0.2) is 11.5 Å². The molecule has 0 N–H and O–H groups in total. The van der Waals surface area contributed by atoms with Gasteiger partial charge in [-0.3, -0.25) is 4.18 Å². The van der Waals surface area contributed by atoms with Crippen molar-refractivity contribution in [2.75, 3.05) is 7.11 Å². The summed E-state index contributed by atoms with van der Waals surface area (Å²) in [6.45, 7) is 1.61. The zero-order chi connectivity index (χ0) is 6.62. The van der Waals surface area contributed by atoms with E-state index < -0.39 is 10.1 Å². The summed E-state index contributed by atoms with van der Waals surface area (Å²) >= 11 is 0. The Morgan fingerprint density at radius 1 is 1.44 bits per heavy atom. The third-order valence-electron chi connectivity index (χ3n) is 0.535. The van der Waals surface area contributed by atoms with Gasteiger partial charge in [-0.05, 0) is 6.92 Å². The van der Waals surface area contributed by atoms with Gasteiger partial charge in [0.2, 0.25) is 0 Å². The smallest absolute Gasteiger partial charge is 0.270 e. The van der Waals surface area contributed by atoms with Crippen molar-refractivity contribution in [2.45, 2.75) is 6.92 Å². The summed E-state index contributed by atoms with van der Waals surface area (Å²) in [5, 5.41) is 0.993. The maximum atomic E-state index is 10.3. The molecule has 0 atom stereocenters. The number of hydrogen-bond donors (Lipinski definition) is 0. The predicted octanol–water partition coefficient (Wildman–Crippen LogP) is 0.115. The van der Waals surface area contributed by atoms with Crippen LogP contribution in [-0.2, 0) is 14.3 Å². The van der Waals surface area contributed by atoms with E-state index in [0.717, 1.165) is 12.5 Å². The molecule has 0 spiro atoms. The van der Waals surface area contributed by atoms with E-state index >= 15 is 0 Å². The van der Waals surface area contributed by atoms with Gasteiger partial charge in [-0.15, -0.1) is 0 Å². The average molecular weight is 159 g/mol. The molecule has 3 nitrogen and oxygen atoms in total. The molecule has 1 radical (unpaired) electrons. The molecule has 0 bridgehead atoms. The van der Waals surface area contributed by atoms with Gasteiger partial charge < -0.3 is 0 Å². The third kappa shape index (κ3) is 6.54. The van der Waals surface area contributed by atoms with Crippen molar-refractivity contribution in [3.8, 4) is 0 Å². The molecule has 0 saturated heterocycles. The Balaban J connectivity index is 0. The van der Waals surface area contributed by atoms with Crippen LogP contribution < -0.4 is 0 Å². The fourth-order valence-electron chi connectivity index (χ4n) is 0.222. The first kappa shape index (κ1) is 12.3. The number of hydrogen-bond acceptors (Lipinski definition) is 3. The average Bonchev–Trinajstić information content (AvgIpc) is 1.67. The first-order chi connectivity index (χ1) is 3.62. The summed E-state index contributed by atoms with van der Waals surface area (Å²) in [5.74, 6) is 0. The van der Waals surface area contributed by atoms with Crippen LogP contribution in [0.2, 0.25) is 0 Å². The molecule has 0 aliphatic carbocycles. The van der Waals surface area contributed by atoms with Crippen molar-refractivity contribution in [2.24, 2.45) is 0 Å². The molecule has 0 aliphatic rings. The summed E-state index contributed by atoms with van der Waals surface area (Å²) in [7, 11) is -2.23. The van der Waals surface area contributed by atoms with E-state index in [-0.39, 0.29) is 29.6 Å². The maximum Gasteiger partial charge on any atom is 0.289 e. The molecule has 0 aromatic heterocycles. The molecule has 0 fully saturated rings. The van der Waals surface area contributed by atoms with E-state index in [1.165, 1.54) is 6.08 Å². The van der Waals surface area contributed by atoms with Crippen LogP contribution in [0.25, 0.3) is 0 Å². The molecule has 0 aromatic rings. The van der Waals surface area contributed by atoms with Crippen molar-refractivity contribution in [3.63, 3.8) is 0 Å². The minimum absolute atomic E-state index is 0. The second-order valence-corrected chi connectivity index (χ2v) is 2.72. The fourth-order valence-corrected chi connectivity index (χ4v) is 0.667. The minimum atomic E-state index is -3.35. The Kier molecular flexibility index (Phi) is 7.45. The van der Waals surface area contributed by atoms with Crippen LogP contribution in [-0.4, -0.2) is 45.1 Å². The SMILES string of the molecule is CC=CS(=O)(=O)OC.[Na]. The molecule has 49 valence electrons. The molecule has 5 heteroatoms. The van der Waals surface area contributed by atoms with E-state index in [9.17, 15) is 8.42 Å². The van der Waals surface area contributed by atoms with Crippen molar-refractivity contribution in [3.05, 3.63) is 11.5 Å². The molecular formula is C4H8NaO3S. The molecule has 0 amide bonds. The van der Waals surface area contributed by atoms with Gasteiger partial charge in [0.15, 0.2) is 0 Å². The van der Waals surface area contributed by atoms with Gasteiger partial charge in [0.1, 0.15) is 0 Å². The molecule has 9 heavy (non-hydrogen) atoms. The third-order valence-corrected chi connectivity index (χ3v) is 1.61. The first-order valence-electron chi connectivity index (χ1n) is 2.05. The monoisotopic (exact) mass is 159 g/mol. The van der Waals surface area contributed by atoms with Gasteiger partial charge >= 0.3 is 0 Å². The first-order valence-corrected chi connectivity index (χ1v) is 3.53. The second kappa shape index (κ2) is 5.44. The Morgan fingerprint density at radius 3 is 2.00 bits per heavy atom. The van der Waals surface area contributed by atoms with Gasteiger partial charge in [-0.2, -0.15) is 8.42 Å². The van der Waals surface area contributed by atoms with Crippen molar-refractivity contribution < 1.29 is 12.6 Å². The number of allylic oxidation sites excluding steroid dienone is 1. The van der Waals surface area contributed by atoms with Gasteiger partial charge in [-0.1, -0.05) is 6.08 Å². The van der Waals surface area contributed by atoms with Gasteiger partial charge in [0.05, 0.1) is 12.5 Å². The van der Waals surface area contributed by atoms with Crippen molar-refractivity contribution >= 4 is 39.7 Å². The van der Waals surface area contributed by atoms with Gasteiger partial charge in [-0.25, -0.2) is 0 Å². The predicted molar refractivity (Wildman–Crippen MR) is 36.5 cm³/mol. The number of rotatable bonds is 2. The molecular weight excluding hydrogens is 151 g/mol. The molecule has 0 rings (SSSR count). The summed E-state index contributed by atoms with van der Waals surface area (Å²) in [6.07, 6.45) is 1.40. The Morgan fingerprint density at radius 2 is 1.89 bits per heavy atom.